The number of nitrogens with one attached hydrogen (secondary N) is 1. The fourth-order valence-electron chi connectivity index (χ4n) is 1.78. The Labute approximate surface area is 141 Å². The average molecular weight is 383 g/mol. The summed E-state index contributed by atoms with van der Waals surface area (Å²) in [5, 5.41) is 12.6. The van der Waals surface area contributed by atoms with Gasteiger partial charge in [0.05, 0.1) is 12.8 Å². The third kappa shape index (κ3) is 4.26. The van der Waals surface area contributed by atoms with Crippen molar-refractivity contribution in [2.75, 3.05) is 12.4 Å². The normalized spacial score (nSPS) is 10.7. The molecule has 0 unspecified atom stereocenters. The molecule has 0 fully saturated rings. The lowest BCUT2D eigenvalue weighted by molar-refractivity contribution is -0.111. The lowest BCUT2D eigenvalue weighted by Crippen LogP contribution is -2.07. The van der Waals surface area contributed by atoms with E-state index >= 15 is 0 Å². The highest BCUT2D eigenvalue weighted by Crippen LogP contribution is 2.27. The van der Waals surface area contributed by atoms with E-state index in [1.165, 1.54) is 24.3 Å². The molecule has 0 aliphatic rings. The van der Waals surface area contributed by atoms with Crippen LogP contribution >= 0.6 is 27.5 Å². The van der Waals surface area contributed by atoms with Gasteiger partial charge in [0.1, 0.15) is 11.5 Å². The van der Waals surface area contributed by atoms with Gasteiger partial charge in [0, 0.05) is 21.1 Å². The summed E-state index contributed by atoms with van der Waals surface area (Å²) in [5.74, 6) is 0.212. The largest absolute Gasteiger partial charge is 0.506 e. The maximum Gasteiger partial charge on any atom is 0.248 e. The second-order valence-corrected chi connectivity index (χ2v) is 5.72. The monoisotopic (exact) mass is 381 g/mol. The van der Waals surface area contributed by atoms with Crippen LogP contribution in [0.15, 0.2) is 46.9 Å². The Morgan fingerprint density at radius 3 is 2.82 bits per heavy atom. The lowest BCUT2D eigenvalue weighted by atomic mass is 10.2. The summed E-state index contributed by atoms with van der Waals surface area (Å²) < 4.78 is 6.10. The predicted octanol–water partition coefficient (Wildman–Crippen LogP) is 4.47. The van der Waals surface area contributed by atoms with Crippen molar-refractivity contribution in [1.82, 2.24) is 0 Å². The molecule has 0 bridgehead atoms. The molecule has 114 valence electrons. The summed E-state index contributed by atoms with van der Waals surface area (Å²) in [6.07, 6.45) is 2.98. The smallest absolute Gasteiger partial charge is 0.248 e. The van der Waals surface area contributed by atoms with Crippen LogP contribution in [0.2, 0.25) is 5.02 Å². The highest BCUT2D eigenvalue weighted by Gasteiger charge is 2.06. The zero-order valence-corrected chi connectivity index (χ0v) is 14.0. The van der Waals surface area contributed by atoms with Gasteiger partial charge in [0.25, 0.3) is 0 Å². The number of aromatic hydroxyl groups is 1. The van der Waals surface area contributed by atoms with Gasteiger partial charge in [-0.1, -0.05) is 27.5 Å². The summed E-state index contributed by atoms with van der Waals surface area (Å²) in [4.78, 5) is 11.9. The number of carbonyl (C=O) groups excluding carboxylic acids is 1. The van der Waals surface area contributed by atoms with Crippen LogP contribution in [-0.4, -0.2) is 18.1 Å². The molecule has 0 aliphatic heterocycles. The summed E-state index contributed by atoms with van der Waals surface area (Å²) in [7, 11) is 1.56. The van der Waals surface area contributed by atoms with Crippen LogP contribution in [0.4, 0.5) is 5.69 Å². The quantitative estimate of drug-likeness (QED) is 0.606. The molecule has 2 N–H and O–H groups in total. The number of hydrogen-bond donors (Lipinski definition) is 2. The number of halogens is 2. The molecule has 0 aromatic heterocycles. The van der Waals surface area contributed by atoms with Gasteiger partial charge in [-0.3, -0.25) is 4.79 Å². The van der Waals surface area contributed by atoms with Crippen LogP contribution in [0.1, 0.15) is 5.56 Å². The van der Waals surface area contributed by atoms with Crippen LogP contribution in [0.5, 0.6) is 11.5 Å². The number of carbonyl (C=O) groups is 1. The molecule has 2 aromatic carbocycles. The Hall–Kier alpha value is -1.98. The van der Waals surface area contributed by atoms with Crippen molar-refractivity contribution in [2.24, 2.45) is 0 Å². The topological polar surface area (TPSA) is 58.6 Å². The van der Waals surface area contributed by atoms with Crippen molar-refractivity contribution in [1.29, 1.82) is 0 Å². The van der Waals surface area contributed by atoms with Gasteiger partial charge in [-0.25, -0.2) is 0 Å². The molecule has 0 saturated carbocycles. The number of hydrogen-bond acceptors (Lipinski definition) is 3. The minimum Gasteiger partial charge on any atom is -0.506 e. The third-order valence-corrected chi connectivity index (χ3v) is 3.55. The maximum absolute atomic E-state index is 11.9. The Morgan fingerprint density at radius 1 is 1.32 bits per heavy atom. The molecule has 0 aliphatic carbocycles. The zero-order chi connectivity index (χ0) is 16.1. The summed E-state index contributed by atoms with van der Waals surface area (Å²) in [6, 6.07) is 9.90. The standard InChI is InChI=1S/C16H13BrClNO3/c1-22-15-6-3-11(17)8-10(15)2-7-16(21)19-13-9-12(18)4-5-14(13)20/h2-9,20H,1H3,(H,19,21). The fourth-order valence-corrected chi connectivity index (χ4v) is 2.33. The van der Waals surface area contributed by atoms with E-state index in [9.17, 15) is 9.90 Å². The molecular formula is C16H13BrClNO3. The van der Waals surface area contributed by atoms with Gasteiger partial charge in [-0.05, 0) is 42.5 Å². The summed E-state index contributed by atoms with van der Waals surface area (Å²) >= 11 is 9.19. The first-order valence-electron chi connectivity index (χ1n) is 6.30. The Morgan fingerprint density at radius 2 is 2.09 bits per heavy atom. The Kier molecular flexibility index (Phi) is 5.46. The van der Waals surface area contributed by atoms with E-state index in [1.54, 1.807) is 19.3 Å². The number of amides is 1. The molecule has 0 saturated heterocycles. The molecular weight excluding hydrogens is 370 g/mol. The van der Waals surface area contributed by atoms with Crippen molar-refractivity contribution in [3.8, 4) is 11.5 Å². The van der Waals surface area contributed by atoms with Crippen molar-refractivity contribution in [3.05, 3.63) is 57.5 Å². The van der Waals surface area contributed by atoms with E-state index in [0.717, 1.165) is 10.0 Å². The summed E-state index contributed by atoms with van der Waals surface area (Å²) in [5.41, 5.74) is 1.01. The van der Waals surface area contributed by atoms with Gasteiger partial charge in [-0.15, -0.1) is 0 Å². The lowest BCUT2D eigenvalue weighted by Gasteiger charge is -2.06. The average Bonchev–Trinajstić information content (AvgIpc) is 2.49. The molecule has 0 atom stereocenters. The minimum atomic E-state index is -0.389. The Bertz CT molecular complexity index is 731. The minimum absolute atomic E-state index is 0.0498. The second kappa shape index (κ2) is 7.33. The van der Waals surface area contributed by atoms with Crippen LogP contribution in [0, 0.1) is 0 Å². The van der Waals surface area contributed by atoms with E-state index in [0.29, 0.717) is 10.8 Å². The third-order valence-electron chi connectivity index (χ3n) is 2.82. The van der Waals surface area contributed by atoms with Crippen LogP contribution < -0.4 is 10.1 Å². The predicted molar refractivity (Wildman–Crippen MR) is 91.5 cm³/mol. The molecule has 1 amide bonds. The first-order valence-corrected chi connectivity index (χ1v) is 7.48. The highest BCUT2D eigenvalue weighted by molar-refractivity contribution is 9.10. The number of phenols is 1. The first kappa shape index (κ1) is 16.4. The SMILES string of the molecule is COc1ccc(Br)cc1C=CC(=O)Nc1cc(Cl)ccc1O. The summed E-state index contributed by atoms with van der Waals surface area (Å²) in [6.45, 7) is 0. The van der Waals surface area contributed by atoms with Gasteiger partial charge in [-0.2, -0.15) is 0 Å². The van der Waals surface area contributed by atoms with Crippen molar-refractivity contribution >= 4 is 45.2 Å². The Balaban J connectivity index is 2.15. The molecule has 6 heteroatoms. The number of benzene rings is 2. The van der Waals surface area contributed by atoms with E-state index in [2.05, 4.69) is 21.2 Å². The van der Waals surface area contributed by atoms with Gasteiger partial charge in [0.15, 0.2) is 0 Å². The molecule has 0 spiro atoms. The number of anilines is 1. The maximum atomic E-state index is 11.9. The van der Waals surface area contributed by atoms with Crippen LogP contribution in [0.3, 0.4) is 0 Å². The van der Waals surface area contributed by atoms with Crippen molar-refractivity contribution in [2.45, 2.75) is 0 Å². The zero-order valence-electron chi connectivity index (χ0n) is 11.6. The van der Waals surface area contributed by atoms with Gasteiger partial charge < -0.3 is 15.2 Å². The van der Waals surface area contributed by atoms with Gasteiger partial charge in [0.2, 0.25) is 5.91 Å². The molecule has 0 heterocycles. The van der Waals surface area contributed by atoms with Crippen LogP contribution in [0.25, 0.3) is 6.08 Å². The highest BCUT2D eigenvalue weighted by atomic mass is 79.9. The number of phenolic OH excluding ortho intramolecular Hbond substituents is 1. The molecule has 0 radical (unpaired) electrons. The van der Waals surface area contributed by atoms with Crippen molar-refractivity contribution < 1.29 is 14.6 Å². The van der Waals surface area contributed by atoms with Gasteiger partial charge >= 0.3 is 0 Å². The van der Waals surface area contributed by atoms with Crippen molar-refractivity contribution in [3.63, 3.8) is 0 Å². The fraction of sp³-hybridized carbons (Fsp3) is 0.0625. The number of rotatable bonds is 4. The number of ether oxygens (including phenoxy) is 1. The molecule has 2 rings (SSSR count). The van der Waals surface area contributed by atoms with E-state index < -0.39 is 0 Å². The first-order chi connectivity index (χ1) is 10.5. The molecule has 22 heavy (non-hydrogen) atoms. The van der Waals surface area contributed by atoms with E-state index in [4.69, 9.17) is 16.3 Å². The van der Waals surface area contributed by atoms with E-state index in [-0.39, 0.29) is 17.3 Å². The molecule has 2 aromatic rings. The second-order valence-electron chi connectivity index (χ2n) is 4.37. The van der Waals surface area contributed by atoms with Crippen LogP contribution in [-0.2, 0) is 4.79 Å². The number of methoxy groups -OCH3 is 1. The van der Waals surface area contributed by atoms with E-state index in [1.807, 2.05) is 12.1 Å². The molecule has 4 nitrogen and oxygen atoms in total.